The van der Waals surface area contributed by atoms with E-state index in [0.717, 1.165) is 0 Å². The van der Waals surface area contributed by atoms with Crippen LogP contribution in [0.5, 0.6) is 0 Å². The lowest BCUT2D eigenvalue weighted by Crippen LogP contribution is -2.12. The summed E-state index contributed by atoms with van der Waals surface area (Å²) in [6.07, 6.45) is 7.60. The zero-order valence-electron chi connectivity index (χ0n) is 7.56. The lowest BCUT2D eigenvalue weighted by atomic mass is 10.1. The molecule has 1 radical (unpaired) electrons. The van der Waals surface area contributed by atoms with E-state index < -0.39 is 0 Å². The van der Waals surface area contributed by atoms with Crippen molar-refractivity contribution in [3.8, 4) is 0 Å². The molecule has 1 nitrogen and oxygen atoms in total. The smallest absolute Gasteiger partial charge is 0.00221 e. The van der Waals surface area contributed by atoms with E-state index in [2.05, 4.69) is 32.3 Å². The lowest BCUT2D eigenvalue weighted by molar-refractivity contribution is 0.409. The molecule has 0 heterocycles. The summed E-state index contributed by atoms with van der Waals surface area (Å²) in [6.45, 7) is 3.43. The number of hydrogen-bond acceptors (Lipinski definition) is 1. The summed E-state index contributed by atoms with van der Waals surface area (Å²) in [5.41, 5.74) is 0. The molecule has 61 valence electrons. The summed E-state index contributed by atoms with van der Waals surface area (Å²) in [7, 11) is 4.24. The lowest BCUT2D eigenvalue weighted by Gasteiger charge is -2.07. The van der Waals surface area contributed by atoms with Gasteiger partial charge in [-0.2, -0.15) is 0 Å². The first-order valence-corrected chi connectivity index (χ1v) is 4.23. The molecule has 0 saturated heterocycles. The molecule has 0 atom stereocenters. The molecular formula is C9H20N. The van der Waals surface area contributed by atoms with Crippen LogP contribution in [0, 0.1) is 6.42 Å². The third-order valence-electron chi connectivity index (χ3n) is 1.54. The van der Waals surface area contributed by atoms with E-state index in [0.29, 0.717) is 0 Å². The van der Waals surface area contributed by atoms with E-state index in [9.17, 15) is 0 Å². The van der Waals surface area contributed by atoms with Crippen molar-refractivity contribution in [2.24, 2.45) is 0 Å². The summed E-state index contributed by atoms with van der Waals surface area (Å²) in [4.78, 5) is 2.22. The number of rotatable bonds is 6. The Morgan fingerprint density at radius 3 is 2.40 bits per heavy atom. The van der Waals surface area contributed by atoms with Gasteiger partial charge in [0, 0.05) is 0 Å². The zero-order chi connectivity index (χ0) is 7.82. The van der Waals surface area contributed by atoms with Crippen molar-refractivity contribution in [2.75, 3.05) is 20.6 Å². The second-order valence-electron chi connectivity index (χ2n) is 3.02. The minimum absolute atomic E-state index is 1.20. The molecule has 0 aromatic rings. The maximum Gasteiger partial charge on any atom is -0.00221 e. The average Bonchev–Trinajstić information content (AvgIpc) is 1.87. The van der Waals surface area contributed by atoms with Gasteiger partial charge in [0.1, 0.15) is 0 Å². The van der Waals surface area contributed by atoms with Crippen LogP contribution in [0.15, 0.2) is 0 Å². The van der Waals surface area contributed by atoms with Gasteiger partial charge in [-0.15, -0.1) is 0 Å². The Bertz CT molecular complexity index is 59.7. The molecule has 0 N–H and O–H groups in total. The van der Waals surface area contributed by atoms with Crippen molar-refractivity contribution >= 4 is 0 Å². The second kappa shape index (κ2) is 7.07. The van der Waals surface area contributed by atoms with Gasteiger partial charge in [0.15, 0.2) is 0 Å². The summed E-state index contributed by atoms with van der Waals surface area (Å²) in [5, 5.41) is 0. The predicted octanol–water partition coefficient (Wildman–Crippen LogP) is 2.33. The van der Waals surface area contributed by atoms with Crippen LogP contribution in [-0.4, -0.2) is 25.5 Å². The Kier molecular flexibility index (Phi) is 7.04. The highest BCUT2D eigenvalue weighted by Gasteiger charge is 1.90. The van der Waals surface area contributed by atoms with Gasteiger partial charge in [0.25, 0.3) is 0 Å². The third kappa shape index (κ3) is 7.96. The molecule has 0 aliphatic rings. The van der Waals surface area contributed by atoms with Gasteiger partial charge < -0.3 is 4.90 Å². The molecule has 0 fully saturated rings. The van der Waals surface area contributed by atoms with Crippen molar-refractivity contribution < 1.29 is 0 Å². The summed E-state index contributed by atoms with van der Waals surface area (Å²) < 4.78 is 0. The van der Waals surface area contributed by atoms with Crippen LogP contribution in [-0.2, 0) is 0 Å². The molecule has 0 spiro atoms. The first kappa shape index (κ1) is 9.96. The van der Waals surface area contributed by atoms with E-state index in [1.165, 1.54) is 32.2 Å². The third-order valence-corrected chi connectivity index (χ3v) is 1.54. The van der Waals surface area contributed by atoms with Crippen LogP contribution >= 0.6 is 0 Å². The van der Waals surface area contributed by atoms with Crippen LogP contribution in [0.3, 0.4) is 0 Å². The molecule has 0 aliphatic heterocycles. The van der Waals surface area contributed by atoms with Gasteiger partial charge in [-0.05, 0) is 33.5 Å². The second-order valence-corrected chi connectivity index (χ2v) is 3.02. The highest BCUT2D eigenvalue weighted by molar-refractivity contribution is 4.65. The van der Waals surface area contributed by atoms with Gasteiger partial charge in [-0.1, -0.05) is 26.2 Å². The van der Waals surface area contributed by atoms with Crippen LogP contribution in [0.25, 0.3) is 0 Å². The van der Waals surface area contributed by atoms with Crippen LogP contribution in [0.1, 0.15) is 32.6 Å². The van der Waals surface area contributed by atoms with E-state index in [4.69, 9.17) is 0 Å². The number of unbranched alkanes of at least 4 members (excludes halogenated alkanes) is 4. The molecule has 0 aromatic carbocycles. The van der Waals surface area contributed by atoms with E-state index in [1.807, 2.05) is 0 Å². The highest BCUT2D eigenvalue weighted by Crippen LogP contribution is 2.00. The number of hydrogen-bond donors (Lipinski definition) is 0. The highest BCUT2D eigenvalue weighted by atomic mass is 15.0. The molecule has 10 heavy (non-hydrogen) atoms. The van der Waals surface area contributed by atoms with Crippen molar-refractivity contribution in [3.63, 3.8) is 0 Å². The molecular weight excluding hydrogens is 122 g/mol. The molecule has 0 saturated carbocycles. The molecule has 1 heteroatoms. The Morgan fingerprint density at radius 2 is 1.90 bits per heavy atom. The molecule has 0 aromatic heterocycles. The van der Waals surface area contributed by atoms with Gasteiger partial charge in [-0.25, -0.2) is 0 Å². The first-order chi connectivity index (χ1) is 4.77. The monoisotopic (exact) mass is 142 g/mol. The Hall–Kier alpha value is -0.0400. The van der Waals surface area contributed by atoms with Crippen LogP contribution in [0.2, 0.25) is 0 Å². The quantitative estimate of drug-likeness (QED) is 0.514. The average molecular weight is 142 g/mol. The fraction of sp³-hybridized carbons (Fsp3) is 0.889. The number of nitrogens with zero attached hydrogens (tertiary/aromatic N) is 1. The Labute approximate surface area is 65.4 Å². The summed E-state index contributed by atoms with van der Waals surface area (Å²) >= 11 is 0. The normalized spacial score (nSPS) is 10.8. The Morgan fingerprint density at radius 1 is 1.20 bits per heavy atom. The SMILES string of the molecule is CCCC[CH]CCN(C)C. The standard InChI is InChI=1S/C9H20N/c1-4-5-6-7-8-9-10(2)3/h7H,4-6,8-9H2,1-3H3. The molecule has 0 aliphatic carbocycles. The summed E-state index contributed by atoms with van der Waals surface area (Å²) in [6, 6.07) is 0. The minimum atomic E-state index is 1.20. The fourth-order valence-corrected chi connectivity index (χ4v) is 0.842. The molecule has 0 amide bonds. The van der Waals surface area contributed by atoms with Gasteiger partial charge >= 0.3 is 0 Å². The van der Waals surface area contributed by atoms with Crippen LogP contribution in [0.4, 0.5) is 0 Å². The van der Waals surface area contributed by atoms with Crippen molar-refractivity contribution in [2.45, 2.75) is 32.6 Å². The largest absolute Gasteiger partial charge is 0.309 e. The zero-order valence-corrected chi connectivity index (χ0v) is 7.56. The van der Waals surface area contributed by atoms with Gasteiger partial charge in [0.2, 0.25) is 0 Å². The first-order valence-electron chi connectivity index (χ1n) is 4.23. The predicted molar refractivity (Wildman–Crippen MR) is 47.0 cm³/mol. The van der Waals surface area contributed by atoms with Crippen molar-refractivity contribution in [1.82, 2.24) is 4.90 Å². The van der Waals surface area contributed by atoms with Gasteiger partial charge in [-0.3, -0.25) is 0 Å². The summed E-state index contributed by atoms with van der Waals surface area (Å²) in [5.74, 6) is 0. The molecule has 0 bridgehead atoms. The fourth-order valence-electron chi connectivity index (χ4n) is 0.842. The minimum Gasteiger partial charge on any atom is -0.309 e. The van der Waals surface area contributed by atoms with Crippen molar-refractivity contribution in [3.05, 3.63) is 6.42 Å². The van der Waals surface area contributed by atoms with Gasteiger partial charge in [0.05, 0.1) is 0 Å². The topological polar surface area (TPSA) is 3.24 Å². The maximum absolute atomic E-state index is 2.39. The maximum atomic E-state index is 2.39. The van der Waals surface area contributed by atoms with E-state index >= 15 is 0 Å². The molecule has 0 unspecified atom stereocenters. The van der Waals surface area contributed by atoms with E-state index in [1.54, 1.807) is 0 Å². The Balaban J connectivity index is 2.77. The van der Waals surface area contributed by atoms with Crippen LogP contribution < -0.4 is 0 Å². The van der Waals surface area contributed by atoms with Crippen molar-refractivity contribution in [1.29, 1.82) is 0 Å². The van der Waals surface area contributed by atoms with E-state index in [-0.39, 0.29) is 0 Å². The molecule has 0 rings (SSSR count).